The molecular formula is C14H20N4S. The van der Waals surface area contributed by atoms with Crippen molar-refractivity contribution in [3.8, 4) is 0 Å². The van der Waals surface area contributed by atoms with Gasteiger partial charge in [-0.15, -0.1) is 11.3 Å². The van der Waals surface area contributed by atoms with Crippen LogP contribution in [0.4, 0.5) is 11.4 Å². The van der Waals surface area contributed by atoms with Crippen LogP contribution in [0.3, 0.4) is 0 Å². The van der Waals surface area contributed by atoms with E-state index in [4.69, 9.17) is 0 Å². The zero-order chi connectivity index (χ0) is 14.0. The number of nitrogens with zero attached hydrogens (tertiary/aromatic N) is 3. The molecule has 2 heterocycles. The lowest BCUT2D eigenvalue weighted by Gasteiger charge is -2.21. The predicted octanol–water partition coefficient (Wildman–Crippen LogP) is 3.39. The largest absolute Gasteiger partial charge is 0.376 e. The highest BCUT2D eigenvalue weighted by Gasteiger charge is 2.14. The summed E-state index contributed by atoms with van der Waals surface area (Å²) in [7, 11) is 4.07. The summed E-state index contributed by atoms with van der Waals surface area (Å²) in [6, 6.07) is 2.24. The van der Waals surface area contributed by atoms with E-state index in [9.17, 15) is 0 Å². The van der Waals surface area contributed by atoms with Crippen molar-refractivity contribution < 1.29 is 0 Å². The first-order chi connectivity index (χ1) is 8.99. The van der Waals surface area contributed by atoms with Crippen LogP contribution in [-0.2, 0) is 0 Å². The Morgan fingerprint density at radius 3 is 2.63 bits per heavy atom. The molecule has 4 nitrogen and oxygen atoms in total. The van der Waals surface area contributed by atoms with Crippen LogP contribution in [0.15, 0.2) is 18.5 Å². The molecule has 0 saturated heterocycles. The van der Waals surface area contributed by atoms with Gasteiger partial charge in [0, 0.05) is 25.2 Å². The Kier molecular flexibility index (Phi) is 4.04. The summed E-state index contributed by atoms with van der Waals surface area (Å²) in [5.74, 6) is 0. The number of anilines is 2. The predicted molar refractivity (Wildman–Crippen MR) is 82.2 cm³/mol. The van der Waals surface area contributed by atoms with E-state index in [0.29, 0.717) is 0 Å². The number of pyridine rings is 1. The van der Waals surface area contributed by atoms with Crippen LogP contribution in [0, 0.1) is 13.8 Å². The molecule has 0 amide bonds. The summed E-state index contributed by atoms with van der Waals surface area (Å²) in [6.45, 7) is 6.27. The number of aryl methyl sites for hydroxylation is 2. The SMILES string of the molecule is Cc1nc(C)c(C(C)Nc2cnccc2N(C)C)s1. The van der Waals surface area contributed by atoms with Gasteiger partial charge in [-0.3, -0.25) is 4.98 Å². The third-order valence-corrected chi connectivity index (χ3v) is 4.24. The molecular weight excluding hydrogens is 256 g/mol. The maximum absolute atomic E-state index is 4.48. The molecule has 2 rings (SSSR count). The van der Waals surface area contributed by atoms with E-state index in [0.717, 1.165) is 22.1 Å². The second-order valence-corrected chi connectivity index (χ2v) is 6.07. The average Bonchev–Trinajstić information content (AvgIpc) is 2.69. The maximum atomic E-state index is 4.48. The molecule has 1 N–H and O–H groups in total. The van der Waals surface area contributed by atoms with E-state index in [1.165, 1.54) is 4.88 Å². The summed E-state index contributed by atoms with van der Waals surface area (Å²) in [5, 5.41) is 4.64. The van der Waals surface area contributed by atoms with E-state index in [-0.39, 0.29) is 6.04 Å². The minimum absolute atomic E-state index is 0.231. The molecule has 0 aliphatic heterocycles. The summed E-state index contributed by atoms with van der Waals surface area (Å²) in [5.41, 5.74) is 3.30. The van der Waals surface area contributed by atoms with Crippen molar-refractivity contribution in [2.45, 2.75) is 26.8 Å². The van der Waals surface area contributed by atoms with Gasteiger partial charge < -0.3 is 10.2 Å². The molecule has 0 radical (unpaired) electrons. The normalized spacial score (nSPS) is 12.3. The molecule has 0 saturated carbocycles. The smallest absolute Gasteiger partial charge is 0.0900 e. The zero-order valence-corrected chi connectivity index (χ0v) is 12.9. The van der Waals surface area contributed by atoms with Crippen LogP contribution < -0.4 is 10.2 Å². The van der Waals surface area contributed by atoms with Crippen molar-refractivity contribution in [2.75, 3.05) is 24.3 Å². The van der Waals surface area contributed by atoms with Gasteiger partial charge >= 0.3 is 0 Å². The van der Waals surface area contributed by atoms with Crippen molar-refractivity contribution in [3.63, 3.8) is 0 Å². The van der Waals surface area contributed by atoms with Crippen LogP contribution in [-0.4, -0.2) is 24.1 Å². The van der Waals surface area contributed by atoms with Gasteiger partial charge in [0.15, 0.2) is 0 Å². The first kappa shape index (κ1) is 13.8. The van der Waals surface area contributed by atoms with Crippen molar-refractivity contribution in [1.29, 1.82) is 0 Å². The molecule has 0 fully saturated rings. The third kappa shape index (κ3) is 3.04. The molecule has 2 aromatic rings. The number of nitrogens with one attached hydrogen (secondary N) is 1. The summed E-state index contributed by atoms with van der Waals surface area (Å²) < 4.78 is 0. The van der Waals surface area contributed by atoms with Crippen molar-refractivity contribution in [3.05, 3.63) is 34.0 Å². The molecule has 19 heavy (non-hydrogen) atoms. The quantitative estimate of drug-likeness (QED) is 0.929. The first-order valence-corrected chi connectivity index (χ1v) is 7.12. The molecule has 1 atom stereocenters. The molecule has 0 aromatic carbocycles. The second kappa shape index (κ2) is 5.57. The van der Waals surface area contributed by atoms with Crippen LogP contribution in [0.2, 0.25) is 0 Å². The summed E-state index contributed by atoms with van der Waals surface area (Å²) in [6.07, 6.45) is 3.68. The van der Waals surface area contributed by atoms with Gasteiger partial charge in [0.1, 0.15) is 0 Å². The van der Waals surface area contributed by atoms with Crippen molar-refractivity contribution in [2.24, 2.45) is 0 Å². The van der Waals surface area contributed by atoms with Gasteiger partial charge in [-0.1, -0.05) is 0 Å². The molecule has 0 aliphatic rings. The second-order valence-electron chi connectivity index (χ2n) is 4.84. The van der Waals surface area contributed by atoms with Crippen LogP contribution >= 0.6 is 11.3 Å². The van der Waals surface area contributed by atoms with Crippen LogP contribution in [0.1, 0.15) is 28.5 Å². The Hall–Kier alpha value is -1.62. The Labute approximate surface area is 118 Å². The van der Waals surface area contributed by atoms with E-state index in [1.807, 2.05) is 39.5 Å². The Morgan fingerprint density at radius 1 is 1.32 bits per heavy atom. The van der Waals surface area contributed by atoms with E-state index in [2.05, 4.69) is 34.0 Å². The van der Waals surface area contributed by atoms with E-state index >= 15 is 0 Å². The topological polar surface area (TPSA) is 41.1 Å². The first-order valence-electron chi connectivity index (χ1n) is 6.31. The van der Waals surface area contributed by atoms with E-state index < -0.39 is 0 Å². The van der Waals surface area contributed by atoms with Gasteiger partial charge in [0.2, 0.25) is 0 Å². The fraction of sp³-hybridized carbons (Fsp3) is 0.429. The van der Waals surface area contributed by atoms with Gasteiger partial charge in [-0.05, 0) is 26.8 Å². The molecule has 0 bridgehead atoms. The Bertz CT molecular complexity index is 562. The Morgan fingerprint density at radius 2 is 2.05 bits per heavy atom. The molecule has 0 aliphatic carbocycles. The summed E-state index contributed by atoms with van der Waals surface area (Å²) >= 11 is 1.75. The van der Waals surface area contributed by atoms with Gasteiger partial charge in [-0.2, -0.15) is 0 Å². The van der Waals surface area contributed by atoms with Crippen LogP contribution in [0.25, 0.3) is 0 Å². The fourth-order valence-corrected chi connectivity index (χ4v) is 3.07. The van der Waals surface area contributed by atoms with Gasteiger partial charge in [0.25, 0.3) is 0 Å². The fourth-order valence-electron chi connectivity index (χ4n) is 2.14. The number of hydrogen-bond donors (Lipinski definition) is 1. The van der Waals surface area contributed by atoms with Gasteiger partial charge in [-0.25, -0.2) is 4.98 Å². The minimum Gasteiger partial charge on any atom is -0.376 e. The number of aromatic nitrogens is 2. The Balaban J connectivity index is 2.24. The summed E-state index contributed by atoms with van der Waals surface area (Å²) in [4.78, 5) is 12.1. The molecule has 2 aromatic heterocycles. The average molecular weight is 276 g/mol. The number of hydrogen-bond acceptors (Lipinski definition) is 5. The molecule has 102 valence electrons. The lowest BCUT2D eigenvalue weighted by molar-refractivity contribution is 0.886. The number of rotatable bonds is 4. The highest BCUT2D eigenvalue weighted by Crippen LogP contribution is 2.30. The highest BCUT2D eigenvalue weighted by atomic mass is 32.1. The standard InChI is InChI=1S/C14H20N4S/c1-9-14(19-11(3)16-9)10(2)17-12-8-15-7-6-13(12)18(4)5/h6-8,10,17H,1-5H3. The molecule has 1 unspecified atom stereocenters. The lowest BCUT2D eigenvalue weighted by atomic mass is 10.2. The monoisotopic (exact) mass is 276 g/mol. The molecule has 5 heteroatoms. The lowest BCUT2D eigenvalue weighted by Crippen LogP contribution is -2.14. The third-order valence-electron chi connectivity index (χ3n) is 2.98. The highest BCUT2D eigenvalue weighted by molar-refractivity contribution is 7.11. The van der Waals surface area contributed by atoms with Crippen molar-refractivity contribution >= 4 is 22.7 Å². The maximum Gasteiger partial charge on any atom is 0.0900 e. The van der Waals surface area contributed by atoms with Crippen molar-refractivity contribution in [1.82, 2.24) is 9.97 Å². The number of thiazole rings is 1. The van der Waals surface area contributed by atoms with Crippen LogP contribution in [0.5, 0.6) is 0 Å². The van der Waals surface area contributed by atoms with E-state index in [1.54, 1.807) is 11.3 Å². The molecule has 0 spiro atoms. The minimum atomic E-state index is 0.231. The zero-order valence-electron chi connectivity index (χ0n) is 12.1. The van der Waals surface area contributed by atoms with Gasteiger partial charge in [0.05, 0.1) is 34.3 Å².